The van der Waals surface area contributed by atoms with Crippen molar-refractivity contribution >= 4 is 25.1 Å². The summed E-state index contributed by atoms with van der Waals surface area (Å²) in [5.74, 6) is 0. The minimum absolute atomic E-state index is 0.455. The normalized spacial score (nSPS) is 10.9. The lowest BCUT2D eigenvalue weighted by molar-refractivity contribution is 0.111. The Labute approximate surface area is 293 Å². The number of rotatable bonds is 9. The molecule has 0 aliphatic carbocycles. The highest BCUT2D eigenvalue weighted by atomic mass is 16.1. The SMILES string of the molecule is Cc1c(C)c(C)c(-c2c(C)c(-c3ccccc3C=O)c(-c3ccccc3C=O)c(-c3ccccc3C=O)c2-c2ccccc2C=O)c(C)c1C. The number of benzene rings is 6. The van der Waals surface area contributed by atoms with Crippen molar-refractivity contribution in [1.29, 1.82) is 0 Å². The van der Waals surface area contributed by atoms with Crippen LogP contribution < -0.4 is 0 Å². The van der Waals surface area contributed by atoms with Gasteiger partial charge in [0.15, 0.2) is 25.1 Å². The van der Waals surface area contributed by atoms with E-state index >= 15 is 0 Å². The molecule has 50 heavy (non-hydrogen) atoms. The van der Waals surface area contributed by atoms with Crippen molar-refractivity contribution in [1.82, 2.24) is 0 Å². The Kier molecular flexibility index (Phi) is 9.39. The largest absolute Gasteiger partial charge is 0.298 e. The molecule has 0 unspecified atom stereocenters. The first-order chi connectivity index (χ1) is 24.2. The third-order valence-corrected chi connectivity index (χ3v) is 10.4. The molecular formula is C46H38O4. The highest BCUT2D eigenvalue weighted by molar-refractivity contribution is 6.15. The summed E-state index contributed by atoms with van der Waals surface area (Å²) in [6.45, 7) is 12.7. The van der Waals surface area contributed by atoms with E-state index in [1.165, 1.54) is 5.56 Å². The van der Waals surface area contributed by atoms with Gasteiger partial charge in [-0.05, 0) is 131 Å². The van der Waals surface area contributed by atoms with Crippen LogP contribution in [0.4, 0.5) is 0 Å². The minimum atomic E-state index is 0.455. The van der Waals surface area contributed by atoms with Gasteiger partial charge in [0.25, 0.3) is 0 Å². The zero-order chi connectivity index (χ0) is 35.7. The standard InChI is InChI=1S/C46H38O4/c1-27-28(2)30(4)41(31(5)29(27)3)43-32(6)42(37-19-11-7-15-33(37)23-47)44(38-20-12-8-16-34(38)24-48)46(40-22-14-10-18-36(40)26-50)45(43)39-21-13-9-17-35(39)25-49/h7-26H,1-6H3. The average Bonchev–Trinajstić information content (AvgIpc) is 3.16. The predicted octanol–water partition coefficient (Wildman–Crippen LogP) is 11.1. The lowest BCUT2D eigenvalue weighted by atomic mass is 9.72. The Morgan fingerprint density at radius 3 is 0.880 bits per heavy atom. The van der Waals surface area contributed by atoms with E-state index in [0.29, 0.717) is 55.6 Å². The van der Waals surface area contributed by atoms with Gasteiger partial charge in [-0.3, -0.25) is 19.2 Å². The summed E-state index contributed by atoms with van der Waals surface area (Å²) in [6, 6.07) is 29.8. The maximum absolute atomic E-state index is 12.9. The van der Waals surface area contributed by atoms with Gasteiger partial charge >= 0.3 is 0 Å². The second-order valence-electron chi connectivity index (χ2n) is 12.8. The van der Waals surface area contributed by atoms with Gasteiger partial charge in [0.2, 0.25) is 0 Å². The van der Waals surface area contributed by atoms with Crippen molar-refractivity contribution in [3.05, 3.63) is 153 Å². The molecule has 0 amide bonds. The number of hydrogen-bond donors (Lipinski definition) is 0. The van der Waals surface area contributed by atoms with Gasteiger partial charge in [-0.2, -0.15) is 0 Å². The summed E-state index contributed by atoms with van der Waals surface area (Å²) in [7, 11) is 0. The van der Waals surface area contributed by atoms with Crippen LogP contribution in [-0.4, -0.2) is 25.1 Å². The summed E-state index contributed by atoms with van der Waals surface area (Å²) >= 11 is 0. The molecule has 0 saturated heterocycles. The van der Waals surface area contributed by atoms with Gasteiger partial charge in [-0.25, -0.2) is 0 Å². The van der Waals surface area contributed by atoms with Crippen molar-refractivity contribution in [2.45, 2.75) is 41.5 Å². The van der Waals surface area contributed by atoms with E-state index in [9.17, 15) is 19.2 Å². The second kappa shape index (κ2) is 13.9. The fourth-order valence-corrected chi connectivity index (χ4v) is 7.52. The quantitative estimate of drug-likeness (QED) is 0.146. The zero-order valence-corrected chi connectivity index (χ0v) is 29.2. The van der Waals surface area contributed by atoms with Crippen LogP contribution in [0, 0.1) is 41.5 Å². The summed E-state index contributed by atoms with van der Waals surface area (Å²) < 4.78 is 0. The van der Waals surface area contributed by atoms with Crippen molar-refractivity contribution < 1.29 is 19.2 Å². The Morgan fingerprint density at radius 2 is 0.540 bits per heavy atom. The van der Waals surface area contributed by atoms with Crippen LogP contribution in [0.5, 0.6) is 0 Å². The summed E-state index contributed by atoms with van der Waals surface area (Å²) in [5.41, 5.74) is 16.1. The zero-order valence-electron chi connectivity index (χ0n) is 29.2. The summed E-state index contributed by atoms with van der Waals surface area (Å²) in [5, 5.41) is 0. The van der Waals surface area contributed by atoms with Crippen LogP contribution in [-0.2, 0) is 0 Å². The molecule has 0 spiro atoms. The first-order valence-electron chi connectivity index (χ1n) is 16.7. The van der Waals surface area contributed by atoms with E-state index in [1.807, 2.05) is 72.8 Å². The number of aldehydes is 4. The maximum Gasteiger partial charge on any atom is 0.150 e. The van der Waals surface area contributed by atoms with E-state index in [0.717, 1.165) is 75.2 Å². The van der Waals surface area contributed by atoms with Crippen molar-refractivity contribution in [2.24, 2.45) is 0 Å². The van der Waals surface area contributed by atoms with E-state index < -0.39 is 0 Å². The monoisotopic (exact) mass is 654 g/mol. The van der Waals surface area contributed by atoms with Crippen molar-refractivity contribution in [2.75, 3.05) is 0 Å². The molecule has 0 aliphatic rings. The van der Waals surface area contributed by atoms with E-state index in [-0.39, 0.29) is 0 Å². The van der Waals surface area contributed by atoms with Crippen LogP contribution in [0.1, 0.15) is 74.8 Å². The average molecular weight is 655 g/mol. The van der Waals surface area contributed by atoms with Gasteiger partial charge in [0.05, 0.1) is 0 Å². The minimum Gasteiger partial charge on any atom is -0.298 e. The van der Waals surface area contributed by atoms with Crippen molar-refractivity contribution in [3.8, 4) is 55.6 Å². The molecule has 4 nitrogen and oxygen atoms in total. The molecule has 0 aliphatic heterocycles. The molecule has 0 bridgehead atoms. The molecule has 0 fully saturated rings. The van der Waals surface area contributed by atoms with Crippen LogP contribution in [0.3, 0.4) is 0 Å². The Bertz CT molecular complexity index is 2330. The van der Waals surface area contributed by atoms with E-state index in [2.05, 4.69) is 41.5 Å². The molecule has 0 radical (unpaired) electrons. The molecule has 6 rings (SSSR count). The summed E-state index contributed by atoms with van der Waals surface area (Å²) in [4.78, 5) is 51.3. The van der Waals surface area contributed by atoms with Gasteiger partial charge < -0.3 is 0 Å². The van der Waals surface area contributed by atoms with Gasteiger partial charge in [0, 0.05) is 22.3 Å². The third-order valence-electron chi connectivity index (χ3n) is 10.4. The Hall–Kier alpha value is -6.00. The molecule has 0 heterocycles. The Balaban J connectivity index is 2.08. The number of carbonyl (C=O) groups excluding carboxylic acids is 4. The first-order valence-corrected chi connectivity index (χ1v) is 16.7. The third kappa shape index (κ3) is 5.43. The molecule has 6 aromatic rings. The number of hydrogen-bond acceptors (Lipinski definition) is 4. The molecule has 0 saturated carbocycles. The van der Waals surface area contributed by atoms with Crippen LogP contribution in [0.15, 0.2) is 97.1 Å². The predicted molar refractivity (Wildman–Crippen MR) is 204 cm³/mol. The molecule has 6 aromatic carbocycles. The smallest absolute Gasteiger partial charge is 0.150 e. The Morgan fingerprint density at radius 1 is 0.280 bits per heavy atom. The highest BCUT2D eigenvalue weighted by Crippen LogP contribution is 2.55. The van der Waals surface area contributed by atoms with Gasteiger partial charge in [-0.1, -0.05) is 97.1 Å². The molecule has 0 aromatic heterocycles. The highest BCUT2D eigenvalue weighted by Gasteiger charge is 2.31. The molecule has 246 valence electrons. The lowest BCUT2D eigenvalue weighted by Gasteiger charge is -2.31. The van der Waals surface area contributed by atoms with E-state index in [4.69, 9.17) is 0 Å². The molecule has 0 atom stereocenters. The van der Waals surface area contributed by atoms with Crippen LogP contribution in [0.25, 0.3) is 55.6 Å². The lowest BCUT2D eigenvalue weighted by Crippen LogP contribution is -2.08. The van der Waals surface area contributed by atoms with Crippen molar-refractivity contribution in [3.63, 3.8) is 0 Å². The molecule has 4 heteroatoms. The molecule has 0 N–H and O–H groups in total. The molecular weight excluding hydrogens is 617 g/mol. The van der Waals surface area contributed by atoms with Gasteiger partial charge in [-0.15, -0.1) is 0 Å². The van der Waals surface area contributed by atoms with Crippen LogP contribution in [0.2, 0.25) is 0 Å². The number of carbonyl (C=O) groups is 4. The fraction of sp³-hybridized carbons (Fsp3) is 0.130. The van der Waals surface area contributed by atoms with Gasteiger partial charge in [0.1, 0.15) is 0 Å². The first kappa shape index (κ1) is 33.9. The van der Waals surface area contributed by atoms with Crippen LogP contribution >= 0.6 is 0 Å². The maximum atomic E-state index is 12.9. The second-order valence-corrected chi connectivity index (χ2v) is 12.8. The van der Waals surface area contributed by atoms with E-state index in [1.54, 1.807) is 24.3 Å². The topological polar surface area (TPSA) is 68.3 Å². The fourth-order valence-electron chi connectivity index (χ4n) is 7.52. The summed E-state index contributed by atoms with van der Waals surface area (Å²) in [6.07, 6.45) is 3.40.